The molecule has 130 valence electrons. The molecule has 0 amide bonds. The van der Waals surface area contributed by atoms with Gasteiger partial charge in [0.25, 0.3) is 0 Å². The number of hydrogen-bond donors (Lipinski definition) is 2. The average molecular weight is 322 g/mol. The average Bonchev–Trinajstić information content (AvgIpc) is 3.21. The summed E-state index contributed by atoms with van der Waals surface area (Å²) in [5.74, 6) is 2.39. The maximum Gasteiger partial charge on any atom is 0.191 e. The molecule has 0 spiro atoms. The molecule has 1 aliphatic carbocycles. The molecule has 0 aliphatic heterocycles. The van der Waals surface area contributed by atoms with Crippen LogP contribution in [0.2, 0.25) is 0 Å². The van der Waals surface area contributed by atoms with Crippen LogP contribution < -0.4 is 10.6 Å². The first kappa shape index (κ1) is 17.7. The summed E-state index contributed by atoms with van der Waals surface area (Å²) in [7, 11) is 3.66. The second-order valence-corrected chi connectivity index (χ2v) is 5.98. The Morgan fingerprint density at radius 1 is 1.43 bits per heavy atom. The summed E-state index contributed by atoms with van der Waals surface area (Å²) in [6.45, 7) is 4.34. The van der Waals surface area contributed by atoms with Crippen LogP contribution in [0.3, 0.4) is 0 Å². The third-order valence-corrected chi connectivity index (χ3v) is 4.47. The number of hydrogen-bond acceptors (Lipinski definition) is 4. The minimum Gasteiger partial charge on any atom is -0.378 e. The zero-order chi connectivity index (χ0) is 16.5. The summed E-state index contributed by atoms with van der Waals surface area (Å²) in [5.41, 5.74) is 0. The lowest BCUT2D eigenvalue weighted by Crippen LogP contribution is -2.39. The summed E-state index contributed by atoms with van der Waals surface area (Å²) < 4.78 is 7.71. The SMILES string of the molecule is CCOC(CCNC(=NC)NCc1ncnn1C)C1CCCC1. The smallest absolute Gasteiger partial charge is 0.191 e. The van der Waals surface area contributed by atoms with E-state index in [9.17, 15) is 0 Å². The summed E-state index contributed by atoms with van der Waals surface area (Å²) in [6.07, 6.45) is 8.26. The number of guanidine groups is 1. The van der Waals surface area contributed by atoms with Crippen LogP contribution in [0.15, 0.2) is 11.3 Å². The Labute approximate surface area is 138 Å². The summed E-state index contributed by atoms with van der Waals surface area (Å²) in [4.78, 5) is 8.45. The van der Waals surface area contributed by atoms with E-state index in [1.54, 1.807) is 18.1 Å². The van der Waals surface area contributed by atoms with Gasteiger partial charge in [-0.1, -0.05) is 12.8 Å². The van der Waals surface area contributed by atoms with Gasteiger partial charge in [-0.05, 0) is 32.1 Å². The number of rotatable bonds is 8. The first-order valence-corrected chi connectivity index (χ1v) is 8.63. The monoisotopic (exact) mass is 322 g/mol. The summed E-state index contributed by atoms with van der Waals surface area (Å²) >= 11 is 0. The van der Waals surface area contributed by atoms with Gasteiger partial charge in [-0.3, -0.25) is 9.67 Å². The van der Waals surface area contributed by atoms with Gasteiger partial charge in [-0.15, -0.1) is 0 Å². The van der Waals surface area contributed by atoms with Crippen molar-refractivity contribution in [3.05, 3.63) is 12.2 Å². The Bertz CT molecular complexity index is 481. The minimum absolute atomic E-state index is 0.367. The van der Waals surface area contributed by atoms with Crippen molar-refractivity contribution < 1.29 is 4.74 Å². The van der Waals surface area contributed by atoms with Gasteiger partial charge in [0.15, 0.2) is 5.96 Å². The Morgan fingerprint density at radius 3 is 2.83 bits per heavy atom. The Hall–Kier alpha value is -1.63. The number of nitrogens with zero attached hydrogens (tertiary/aromatic N) is 4. The number of aromatic nitrogens is 3. The number of ether oxygens (including phenoxy) is 1. The normalized spacial score (nSPS) is 17.4. The topological polar surface area (TPSA) is 76.4 Å². The zero-order valence-corrected chi connectivity index (χ0v) is 14.6. The van der Waals surface area contributed by atoms with E-state index in [2.05, 4.69) is 32.6 Å². The van der Waals surface area contributed by atoms with Gasteiger partial charge in [-0.25, -0.2) is 4.98 Å². The second-order valence-electron chi connectivity index (χ2n) is 5.98. The lowest BCUT2D eigenvalue weighted by molar-refractivity contribution is 0.0169. The molecule has 1 heterocycles. The molecule has 7 nitrogen and oxygen atoms in total. The van der Waals surface area contributed by atoms with Gasteiger partial charge >= 0.3 is 0 Å². The first-order valence-electron chi connectivity index (χ1n) is 8.63. The van der Waals surface area contributed by atoms with Crippen LogP contribution in [0, 0.1) is 5.92 Å². The maximum atomic E-state index is 5.95. The van der Waals surface area contributed by atoms with E-state index in [0.717, 1.165) is 37.3 Å². The van der Waals surface area contributed by atoms with Crippen molar-refractivity contribution in [2.45, 2.75) is 51.7 Å². The molecule has 0 bridgehead atoms. The van der Waals surface area contributed by atoms with Crippen LogP contribution in [0.4, 0.5) is 0 Å². The zero-order valence-electron chi connectivity index (χ0n) is 14.6. The van der Waals surface area contributed by atoms with Crippen molar-refractivity contribution in [3.8, 4) is 0 Å². The predicted molar refractivity (Wildman–Crippen MR) is 91.2 cm³/mol. The van der Waals surface area contributed by atoms with Crippen molar-refractivity contribution in [1.29, 1.82) is 0 Å². The van der Waals surface area contributed by atoms with Crippen molar-refractivity contribution in [2.24, 2.45) is 18.0 Å². The third-order valence-electron chi connectivity index (χ3n) is 4.47. The third kappa shape index (κ3) is 5.49. The van der Waals surface area contributed by atoms with Crippen molar-refractivity contribution in [2.75, 3.05) is 20.2 Å². The largest absolute Gasteiger partial charge is 0.378 e. The molecular formula is C16H30N6O. The Morgan fingerprint density at radius 2 is 2.22 bits per heavy atom. The summed E-state index contributed by atoms with van der Waals surface area (Å²) in [6, 6.07) is 0. The quantitative estimate of drug-likeness (QED) is 0.560. The lowest BCUT2D eigenvalue weighted by Gasteiger charge is -2.24. The van der Waals surface area contributed by atoms with Crippen LogP contribution in [-0.2, 0) is 18.3 Å². The van der Waals surface area contributed by atoms with E-state index in [1.807, 2.05) is 7.05 Å². The van der Waals surface area contributed by atoms with E-state index < -0.39 is 0 Å². The second kappa shape index (κ2) is 9.50. The highest BCUT2D eigenvalue weighted by molar-refractivity contribution is 5.79. The van der Waals surface area contributed by atoms with Crippen LogP contribution >= 0.6 is 0 Å². The molecule has 2 rings (SSSR count). The molecule has 1 fully saturated rings. The van der Waals surface area contributed by atoms with Crippen LogP contribution in [-0.4, -0.2) is 47.0 Å². The van der Waals surface area contributed by atoms with Crippen LogP contribution in [0.5, 0.6) is 0 Å². The Balaban J connectivity index is 1.72. The van der Waals surface area contributed by atoms with Crippen LogP contribution in [0.25, 0.3) is 0 Å². The highest BCUT2D eigenvalue weighted by atomic mass is 16.5. The van der Waals surface area contributed by atoms with E-state index in [-0.39, 0.29) is 0 Å². The van der Waals surface area contributed by atoms with Gasteiger partial charge in [0.2, 0.25) is 0 Å². The van der Waals surface area contributed by atoms with E-state index in [4.69, 9.17) is 4.74 Å². The molecule has 1 saturated carbocycles. The minimum atomic E-state index is 0.367. The molecule has 1 aromatic heterocycles. The molecule has 1 aliphatic rings. The molecule has 7 heteroatoms. The van der Waals surface area contributed by atoms with Gasteiger partial charge in [0.1, 0.15) is 12.2 Å². The van der Waals surface area contributed by atoms with E-state index >= 15 is 0 Å². The standard InChI is InChI=1S/C16H30N6O/c1-4-23-14(13-7-5-6-8-13)9-10-18-16(17-2)19-11-15-20-12-21-22(15)3/h12-14H,4-11H2,1-3H3,(H2,17,18,19). The lowest BCUT2D eigenvalue weighted by atomic mass is 9.98. The van der Waals surface area contributed by atoms with Crippen LogP contribution in [0.1, 0.15) is 44.9 Å². The maximum absolute atomic E-state index is 5.95. The van der Waals surface area contributed by atoms with E-state index in [0.29, 0.717) is 12.6 Å². The fraction of sp³-hybridized carbons (Fsp3) is 0.812. The molecule has 1 aromatic rings. The fourth-order valence-corrected chi connectivity index (χ4v) is 3.19. The van der Waals surface area contributed by atoms with Crippen molar-refractivity contribution >= 4 is 5.96 Å². The number of nitrogens with one attached hydrogen (secondary N) is 2. The molecule has 1 atom stereocenters. The predicted octanol–water partition coefficient (Wildman–Crippen LogP) is 1.47. The highest BCUT2D eigenvalue weighted by Crippen LogP contribution is 2.30. The molecule has 23 heavy (non-hydrogen) atoms. The molecule has 2 N–H and O–H groups in total. The van der Waals surface area contributed by atoms with Gasteiger partial charge < -0.3 is 15.4 Å². The number of aryl methyl sites for hydroxylation is 1. The van der Waals surface area contributed by atoms with E-state index in [1.165, 1.54) is 25.7 Å². The summed E-state index contributed by atoms with van der Waals surface area (Å²) in [5, 5.41) is 10.7. The van der Waals surface area contributed by atoms with Crippen molar-refractivity contribution in [1.82, 2.24) is 25.4 Å². The van der Waals surface area contributed by atoms with Gasteiger partial charge in [0, 0.05) is 27.2 Å². The highest BCUT2D eigenvalue weighted by Gasteiger charge is 2.25. The first-order chi connectivity index (χ1) is 11.2. The van der Waals surface area contributed by atoms with Gasteiger partial charge in [0.05, 0.1) is 12.6 Å². The number of aliphatic imine (C=N–C) groups is 1. The molecule has 1 unspecified atom stereocenters. The van der Waals surface area contributed by atoms with Crippen molar-refractivity contribution in [3.63, 3.8) is 0 Å². The molecule has 0 radical (unpaired) electrons. The fourth-order valence-electron chi connectivity index (χ4n) is 3.19. The molecule has 0 aromatic carbocycles. The Kier molecular flexibility index (Phi) is 7.32. The van der Waals surface area contributed by atoms with Gasteiger partial charge in [-0.2, -0.15) is 5.10 Å². The molecule has 0 saturated heterocycles. The molecular weight excluding hydrogens is 292 g/mol.